The SMILES string of the molecule is Cc1ccc(-c2nn(-c3ccccc3)cc2C(=O)N2CCOC(C(N)=O)C2)cc1C. The zero-order chi connectivity index (χ0) is 21.3. The molecule has 1 aliphatic rings. The maximum atomic E-state index is 13.4. The van der Waals surface area contributed by atoms with Crippen LogP contribution in [0.2, 0.25) is 0 Å². The van der Waals surface area contributed by atoms with Crippen molar-refractivity contribution in [2.75, 3.05) is 19.7 Å². The molecule has 154 valence electrons. The summed E-state index contributed by atoms with van der Waals surface area (Å²) in [5.41, 5.74) is 10.5. The van der Waals surface area contributed by atoms with Crippen LogP contribution < -0.4 is 5.73 Å². The standard InChI is InChI=1S/C23H24N4O3/c1-15-8-9-17(12-16(15)2)21-19(13-27(25-21)18-6-4-3-5-7-18)23(29)26-10-11-30-20(14-26)22(24)28/h3-9,12-13,20H,10-11,14H2,1-2H3,(H2,24,28). The number of nitrogens with zero attached hydrogens (tertiary/aromatic N) is 3. The van der Waals surface area contributed by atoms with Gasteiger partial charge in [0.05, 0.1) is 24.4 Å². The lowest BCUT2D eigenvalue weighted by molar-refractivity contribution is -0.133. The molecule has 0 spiro atoms. The summed E-state index contributed by atoms with van der Waals surface area (Å²) < 4.78 is 7.10. The van der Waals surface area contributed by atoms with E-state index in [0.717, 1.165) is 16.8 Å². The lowest BCUT2D eigenvalue weighted by Gasteiger charge is -2.31. The molecule has 2 N–H and O–H groups in total. The minimum absolute atomic E-state index is 0.136. The number of amides is 2. The molecular weight excluding hydrogens is 380 g/mol. The third-order valence-electron chi connectivity index (χ3n) is 5.42. The maximum Gasteiger partial charge on any atom is 0.257 e. The van der Waals surface area contributed by atoms with Crippen LogP contribution in [0.3, 0.4) is 0 Å². The third-order valence-corrected chi connectivity index (χ3v) is 5.42. The lowest BCUT2D eigenvalue weighted by atomic mass is 10.0. The molecule has 0 aliphatic carbocycles. The van der Waals surface area contributed by atoms with Crippen molar-refractivity contribution in [1.82, 2.24) is 14.7 Å². The number of carbonyl (C=O) groups excluding carboxylic acids is 2. The summed E-state index contributed by atoms with van der Waals surface area (Å²) in [6.07, 6.45) is 0.952. The van der Waals surface area contributed by atoms with E-state index in [4.69, 9.17) is 15.6 Å². The van der Waals surface area contributed by atoms with Gasteiger partial charge in [-0.2, -0.15) is 5.10 Å². The molecule has 1 aromatic heterocycles. The number of aromatic nitrogens is 2. The second-order valence-corrected chi connectivity index (χ2v) is 7.48. The Balaban J connectivity index is 1.77. The summed E-state index contributed by atoms with van der Waals surface area (Å²) in [7, 11) is 0. The molecule has 1 atom stereocenters. The second-order valence-electron chi connectivity index (χ2n) is 7.48. The molecule has 1 saturated heterocycles. The van der Waals surface area contributed by atoms with Gasteiger partial charge in [0.15, 0.2) is 6.10 Å². The molecule has 2 aromatic carbocycles. The number of benzene rings is 2. The highest BCUT2D eigenvalue weighted by molar-refractivity contribution is 6.00. The van der Waals surface area contributed by atoms with Crippen LogP contribution in [0.5, 0.6) is 0 Å². The van der Waals surface area contributed by atoms with E-state index in [2.05, 4.69) is 0 Å². The molecule has 0 saturated carbocycles. The number of carbonyl (C=O) groups is 2. The molecule has 4 rings (SSSR count). The third kappa shape index (κ3) is 3.84. The summed E-state index contributed by atoms with van der Waals surface area (Å²) in [5, 5.41) is 4.74. The van der Waals surface area contributed by atoms with Gasteiger partial charge in [0.25, 0.3) is 5.91 Å². The van der Waals surface area contributed by atoms with E-state index in [1.807, 2.05) is 62.4 Å². The Bertz CT molecular complexity index is 1090. The van der Waals surface area contributed by atoms with Crippen molar-refractivity contribution in [3.05, 3.63) is 71.4 Å². The molecule has 0 radical (unpaired) electrons. The minimum Gasteiger partial charge on any atom is -0.367 e. The highest BCUT2D eigenvalue weighted by atomic mass is 16.5. The van der Waals surface area contributed by atoms with Crippen molar-refractivity contribution in [2.45, 2.75) is 20.0 Å². The number of rotatable bonds is 4. The molecule has 2 heterocycles. The van der Waals surface area contributed by atoms with Crippen molar-refractivity contribution >= 4 is 11.8 Å². The molecule has 7 nitrogen and oxygen atoms in total. The number of hydrogen-bond acceptors (Lipinski definition) is 4. The van der Waals surface area contributed by atoms with Crippen molar-refractivity contribution < 1.29 is 14.3 Å². The average molecular weight is 404 g/mol. The van der Waals surface area contributed by atoms with Gasteiger partial charge in [-0.25, -0.2) is 4.68 Å². The van der Waals surface area contributed by atoms with Crippen molar-refractivity contribution in [3.63, 3.8) is 0 Å². The summed E-state index contributed by atoms with van der Waals surface area (Å²) in [5.74, 6) is -0.762. The van der Waals surface area contributed by atoms with Gasteiger partial charge in [0.1, 0.15) is 5.69 Å². The Morgan fingerprint density at radius 2 is 1.87 bits per heavy atom. The second kappa shape index (κ2) is 8.12. The van der Waals surface area contributed by atoms with E-state index in [9.17, 15) is 9.59 Å². The van der Waals surface area contributed by atoms with Gasteiger partial charge in [0.2, 0.25) is 5.91 Å². The maximum absolute atomic E-state index is 13.4. The molecule has 3 aromatic rings. The summed E-state index contributed by atoms with van der Waals surface area (Å²) in [6.45, 7) is 4.88. The number of primary amides is 1. The first-order valence-electron chi connectivity index (χ1n) is 9.87. The number of para-hydroxylation sites is 1. The Hall–Kier alpha value is -3.45. The van der Waals surface area contributed by atoms with Crippen LogP contribution in [0.1, 0.15) is 21.5 Å². The van der Waals surface area contributed by atoms with Gasteiger partial charge in [-0.05, 0) is 43.2 Å². The van der Waals surface area contributed by atoms with Gasteiger partial charge in [-0.15, -0.1) is 0 Å². The first kappa shape index (κ1) is 19.8. The molecule has 30 heavy (non-hydrogen) atoms. The molecule has 1 fully saturated rings. The minimum atomic E-state index is -0.795. The van der Waals surface area contributed by atoms with Crippen LogP contribution in [-0.4, -0.2) is 52.3 Å². The quantitative estimate of drug-likeness (QED) is 0.723. The summed E-state index contributed by atoms with van der Waals surface area (Å²) in [4.78, 5) is 26.6. The average Bonchev–Trinajstić information content (AvgIpc) is 3.21. The van der Waals surface area contributed by atoms with E-state index in [0.29, 0.717) is 17.8 Å². The Kier molecular flexibility index (Phi) is 5.37. The molecular formula is C23H24N4O3. The predicted molar refractivity (Wildman–Crippen MR) is 113 cm³/mol. The first-order valence-corrected chi connectivity index (χ1v) is 9.87. The molecule has 2 amide bonds. The van der Waals surface area contributed by atoms with E-state index in [1.165, 1.54) is 5.56 Å². The van der Waals surface area contributed by atoms with E-state index < -0.39 is 12.0 Å². The fraction of sp³-hybridized carbons (Fsp3) is 0.261. The van der Waals surface area contributed by atoms with Gasteiger partial charge < -0.3 is 15.4 Å². The number of morpholine rings is 1. The highest BCUT2D eigenvalue weighted by Crippen LogP contribution is 2.27. The van der Waals surface area contributed by atoms with Crippen molar-refractivity contribution in [3.8, 4) is 16.9 Å². The fourth-order valence-corrected chi connectivity index (χ4v) is 3.52. The van der Waals surface area contributed by atoms with Gasteiger partial charge in [-0.3, -0.25) is 9.59 Å². The molecule has 7 heteroatoms. The number of ether oxygens (including phenoxy) is 1. The topological polar surface area (TPSA) is 90.4 Å². The normalized spacial score (nSPS) is 16.5. The fourth-order valence-electron chi connectivity index (χ4n) is 3.52. The number of aryl methyl sites for hydroxylation is 2. The number of nitrogens with two attached hydrogens (primary N) is 1. The van der Waals surface area contributed by atoms with Gasteiger partial charge in [0, 0.05) is 18.3 Å². The Labute approximate surface area is 175 Å². The van der Waals surface area contributed by atoms with E-state index in [1.54, 1.807) is 15.8 Å². The lowest BCUT2D eigenvalue weighted by Crippen LogP contribution is -2.50. The van der Waals surface area contributed by atoms with E-state index >= 15 is 0 Å². The van der Waals surface area contributed by atoms with Crippen LogP contribution >= 0.6 is 0 Å². The molecule has 1 aliphatic heterocycles. The van der Waals surface area contributed by atoms with Crippen LogP contribution in [0.15, 0.2) is 54.7 Å². The van der Waals surface area contributed by atoms with Gasteiger partial charge in [-0.1, -0.05) is 30.3 Å². The smallest absolute Gasteiger partial charge is 0.257 e. The largest absolute Gasteiger partial charge is 0.367 e. The molecule has 1 unspecified atom stereocenters. The van der Waals surface area contributed by atoms with Crippen molar-refractivity contribution in [2.24, 2.45) is 5.73 Å². The van der Waals surface area contributed by atoms with Crippen LogP contribution in [0.4, 0.5) is 0 Å². The van der Waals surface area contributed by atoms with Crippen LogP contribution in [0.25, 0.3) is 16.9 Å². The Morgan fingerprint density at radius 3 is 2.57 bits per heavy atom. The monoisotopic (exact) mass is 404 g/mol. The first-order chi connectivity index (χ1) is 14.4. The number of hydrogen-bond donors (Lipinski definition) is 1. The van der Waals surface area contributed by atoms with Crippen molar-refractivity contribution in [1.29, 1.82) is 0 Å². The summed E-state index contributed by atoms with van der Waals surface area (Å²) in [6, 6.07) is 15.7. The zero-order valence-corrected chi connectivity index (χ0v) is 17.0. The van der Waals surface area contributed by atoms with Crippen LogP contribution in [0, 0.1) is 13.8 Å². The predicted octanol–water partition coefficient (Wildman–Crippen LogP) is 2.48. The summed E-state index contributed by atoms with van der Waals surface area (Å²) >= 11 is 0. The highest BCUT2D eigenvalue weighted by Gasteiger charge is 2.30. The zero-order valence-electron chi connectivity index (χ0n) is 17.0. The molecule has 0 bridgehead atoms. The van der Waals surface area contributed by atoms with E-state index in [-0.39, 0.29) is 19.1 Å². The van der Waals surface area contributed by atoms with Gasteiger partial charge >= 0.3 is 0 Å². The Morgan fingerprint density at radius 1 is 1.10 bits per heavy atom. The van der Waals surface area contributed by atoms with Crippen LogP contribution in [-0.2, 0) is 9.53 Å².